The van der Waals surface area contributed by atoms with Crippen LogP contribution in [-0.2, 0) is 20.9 Å². The molecule has 0 atom stereocenters. The van der Waals surface area contributed by atoms with Gasteiger partial charge >= 0.3 is 0 Å². The fraction of sp³-hybridized carbons (Fsp3) is 0.321. The first-order valence-corrected chi connectivity index (χ1v) is 11.9. The zero-order chi connectivity index (χ0) is 23.8. The number of nitrogens with one attached hydrogen (secondary N) is 2. The molecule has 6 nitrogen and oxygen atoms in total. The number of hydrogen-bond donors (Lipinski definition) is 2. The maximum Gasteiger partial charge on any atom is 0.266 e. The van der Waals surface area contributed by atoms with E-state index in [2.05, 4.69) is 23.5 Å². The minimum atomic E-state index is -0.398. The number of hydrogen-bond acceptors (Lipinski definition) is 3. The van der Waals surface area contributed by atoms with Crippen LogP contribution < -0.4 is 15.8 Å². The molecule has 0 aromatic heterocycles. The standard InChI is InChI=1S/C28H29N3O3/c1-3-19-14-18(9-8-17(19)2)16-31-24-7-5-4-6-22(24)26(20-10-11-20)23(15-25(31)32)28(34)30-29-27(33)21-12-13-21/h3-9,14,20-21H,1,10-13,15-16H2,2H3,(H,29,33)(H,30,34). The van der Waals surface area contributed by atoms with Gasteiger partial charge in [-0.1, -0.05) is 43.0 Å². The Morgan fingerprint density at radius 1 is 1.09 bits per heavy atom. The third kappa shape index (κ3) is 4.40. The summed E-state index contributed by atoms with van der Waals surface area (Å²) in [7, 11) is 0. The van der Waals surface area contributed by atoms with Crippen LogP contribution in [0.2, 0.25) is 0 Å². The Morgan fingerprint density at radius 2 is 1.85 bits per heavy atom. The van der Waals surface area contributed by atoms with Gasteiger partial charge in [-0.3, -0.25) is 25.2 Å². The van der Waals surface area contributed by atoms with Crippen LogP contribution in [-0.4, -0.2) is 17.7 Å². The number of rotatable bonds is 6. The Balaban J connectivity index is 1.49. The van der Waals surface area contributed by atoms with Crippen molar-refractivity contribution in [3.8, 4) is 0 Å². The SMILES string of the molecule is C=Cc1cc(CN2C(=O)CC(C(=O)NNC(=O)C3CC3)=C(C3CC3)c3ccccc32)ccc1C. The average molecular weight is 456 g/mol. The van der Waals surface area contributed by atoms with Crippen molar-refractivity contribution in [1.82, 2.24) is 10.9 Å². The quantitative estimate of drug-likeness (QED) is 0.638. The zero-order valence-corrected chi connectivity index (χ0v) is 19.4. The molecule has 0 radical (unpaired) electrons. The van der Waals surface area contributed by atoms with Gasteiger partial charge in [-0.2, -0.15) is 0 Å². The summed E-state index contributed by atoms with van der Waals surface area (Å²) in [6.07, 6.45) is 5.50. The molecule has 34 heavy (non-hydrogen) atoms. The second-order valence-corrected chi connectivity index (χ2v) is 9.45. The van der Waals surface area contributed by atoms with Gasteiger partial charge in [0.25, 0.3) is 5.91 Å². The number of nitrogens with zero attached hydrogens (tertiary/aromatic N) is 1. The number of hydrazine groups is 1. The number of carbonyl (C=O) groups is 3. The minimum absolute atomic E-state index is 0.00811. The largest absolute Gasteiger partial charge is 0.307 e. The average Bonchev–Trinajstić information content (AvgIpc) is 3.74. The highest BCUT2D eigenvalue weighted by atomic mass is 16.2. The Labute approximate surface area is 199 Å². The van der Waals surface area contributed by atoms with Gasteiger partial charge < -0.3 is 4.90 Å². The summed E-state index contributed by atoms with van der Waals surface area (Å²) in [4.78, 5) is 40.6. The minimum Gasteiger partial charge on any atom is -0.307 e. The van der Waals surface area contributed by atoms with Crippen molar-refractivity contribution in [2.45, 2.75) is 45.6 Å². The molecular weight excluding hydrogens is 426 g/mol. The number of fused-ring (bicyclic) bond motifs is 1. The van der Waals surface area contributed by atoms with Gasteiger partial charge in [-0.25, -0.2) is 0 Å². The summed E-state index contributed by atoms with van der Waals surface area (Å²) in [6, 6.07) is 13.9. The van der Waals surface area contributed by atoms with Gasteiger partial charge in [0.15, 0.2) is 0 Å². The molecule has 2 aromatic rings. The molecule has 3 amide bonds. The molecule has 1 heterocycles. The van der Waals surface area contributed by atoms with Gasteiger partial charge in [0.1, 0.15) is 0 Å². The molecule has 1 aliphatic heterocycles. The molecule has 0 saturated heterocycles. The molecule has 2 fully saturated rings. The van der Waals surface area contributed by atoms with E-state index in [0.29, 0.717) is 12.1 Å². The number of allylic oxidation sites excluding steroid dienone is 1. The number of carbonyl (C=O) groups excluding carboxylic acids is 3. The summed E-state index contributed by atoms with van der Waals surface area (Å²) in [5.41, 5.74) is 11.4. The molecule has 2 N–H and O–H groups in total. The van der Waals surface area contributed by atoms with E-state index in [0.717, 1.165) is 59.2 Å². The normalized spacial score (nSPS) is 17.7. The lowest BCUT2D eigenvalue weighted by atomic mass is 9.93. The van der Waals surface area contributed by atoms with E-state index in [-0.39, 0.29) is 30.1 Å². The Hall–Kier alpha value is -3.67. The number of para-hydroxylation sites is 1. The van der Waals surface area contributed by atoms with Crippen LogP contribution in [0.1, 0.15) is 54.4 Å². The Morgan fingerprint density at radius 3 is 2.56 bits per heavy atom. The van der Waals surface area contributed by atoms with Gasteiger partial charge in [-0.05, 0) is 72.9 Å². The van der Waals surface area contributed by atoms with Crippen LogP contribution in [0, 0.1) is 18.8 Å². The Bertz CT molecular complexity index is 1220. The first-order valence-electron chi connectivity index (χ1n) is 11.9. The fourth-order valence-electron chi connectivity index (χ4n) is 4.62. The van der Waals surface area contributed by atoms with Crippen molar-refractivity contribution in [3.63, 3.8) is 0 Å². The molecule has 2 saturated carbocycles. The maximum atomic E-state index is 13.6. The first-order chi connectivity index (χ1) is 16.5. The predicted octanol–water partition coefficient (Wildman–Crippen LogP) is 4.30. The van der Waals surface area contributed by atoms with Crippen LogP contribution >= 0.6 is 0 Å². The van der Waals surface area contributed by atoms with Gasteiger partial charge in [0.2, 0.25) is 11.8 Å². The molecule has 174 valence electrons. The van der Waals surface area contributed by atoms with E-state index in [9.17, 15) is 14.4 Å². The van der Waals surface area contributed by atoms with Crippen molar-refractivity contribution >= 4 is 35.1 Å². The van der Waals surface area contributed by atoms with Crippen molar-refractivity contribution in [3.05, 3.63) is 76.9 Å². The number of anilines is 1. The van der Waals surface area contributed by atoms with E-state index < -0.39 is 5.91 Å². The monoisotopic (exact) mass is 455 g/mol. The summed E-state index contributed by atoms with van der Waals surface area (Å²) in [5, 5.41) is 0. The summed E-state index contributed by atoms with van der Waals surface area (Å²) in [6.45, 7) is 6.33. The topological polar surface area (TPSA) is 78.5 Å². The van der Waals surface area contributed by atoms with E-state index >= 15 is 0 Å². The highest BCUT2D eigenvalue weighted by Crippen LogP contribution is 2.48. The maximum absolute atomic E-state index is 13.6. The molecular formula is C28H29N3O3. The second-order valence-electron chi connectivity index (χ2n) is 9.45. The third-order valence-electron chi connectivity index (χ3n) is 6.85. The van der Waals surface area contributed by atoms with Crippen LogP contribution in [0.25, 0.3) is 11.6 Å². The first kappa shape index (κ1) is 22.1. The third-order valence-corrected chi connectivity index (χ3v) is 6.85. The molecule has 0 spiro atoms. The van der Waals surface area contributed by atoms with Crippen LogP contribution in [0.5, 0.6) is 0 Å². The molecule has 3 aliphatic rings. The van der Waals surface area contributed by atoms with Crippen LogP contribution in [0.15, 0.2) is 54.6 Å². The number of amides is 3. The molecule has 2 aromatic carbocycles. The zero-order valence-electron chi connectivity index (χ0n) is 19.4. The summed E-state index contributed by atoms with van der Waals surface area (Å²) < 4.78 is 0. The second kappa shape index (κ2) is 8.93. The van der Waals surface area contributed by atoms with Gasteiger partial charge in [0, 0.05) is 17.1 Å². The molecule has 6 heteroatoms. The highest BCUT2D eigenvalue weighted by molar-refractivity contribution is 6.12. The molecule has 2 aliphatic carbocycles. The van der Waals surface area contributed by atoms with Crippen molar-refractivity contribution in [2.75, 3.05) is 4.90 Å². The number of benzene rings is 2. The fourth-order valence-corrected chi connectivity index (χ4v) is 4.62. The van der Waals surface area contributed by atoms with Gasteiger partial charge in [0.05, 0.1) is 18.7 Å². The van der Waals surface area contributed by atoms with Gasteiger partial charge in [-0.15, -0.1) is 0 Å². The number of aryl methyl sites for hydroxylation is 1. The van der Waals surface area contributed by atoms with Crippen molar-refractivity contribution in [1.29, 1.82) is 0 Å². The summed E-state index contributed by atoms with van der Waals surface area (Å²) >= 11 is 0. The molecule has 0 unspecified atom stereocenters. The van der Waals surface area contributed by atoms with E-state index in [4.69, 9.17) is 0 Å². The smallest absolute Gasteiger partial charge is 0.266 e. The lowest BCUT2D eigenvalue weighted by Crippen LogP contribution is -2.43. The molecule has 5 rings (SSSR count). The van der Waals surface area contributed by atoms with Crippen LogP contribution in [0.4, 0.5) is 5.69 Å². The van der Waals surface area contributed by atoms with Crippen molar-refractivity contribution in [2.24, 2.45) is 11.8 Å². The Kier molecular flexibility index (Phi) is 5.82. The molecule has 0 bridgehead atoms. The highest BCUT2D eigenvalue weighted by Gasteiger charge is 2.38. The predicted molar refractivity (Wildman–Crippen MR) is 132 cm³/mol. The van der Waals surface area contributed by atoms with Crippen molar-refractivity contribution < 1.29 is 14.4 Å². The lowest BCUT2D eigenvalue weighted by molar-refractivity contribution is -0.128. The van der Waals surface area contributed by atoms with E-state index in [1.54, 1.807) is 4.90 Å². The lowest BCUT2D eigenvalue weighted by Gasteiger charge is -2.24. The summed E-state index contributed by atoms with van der Waals surface area (Å²) in [5.74, 6) is -0.464. The van der Waals surface area contributed by atoms with E-state index in [1.807, 2.05) is 49.4 Å². The van der Waals surface area contributed by atoms with E-state index in [1.165, 1.54) is 0 Å². The van der Waals surface area contributed by atoms with Crippen LogP contribution in [0.3, 0.4) is 0 Å².